The van der Waals surface area contributed by atoms with Crippen LogP contribution in [0.5, 0.6) is 0 Å². The first-order valence-corrected chi connectivity index (χ1v) is 22.1. The second-order valence-electron chi connectivity index (χ2n) is 19.0. The second-order valence-corrected chi connectivity index (χ2v) is 19.0. The third-order valence-electron chi connectivity index (χ3n) is 12.9. The van der Waals surface area contributed by atoms with E-state index >= 15 is 0 Å². The molecule has 0 saturated heterocycles. The van der Waals surface area contributed by atoms with Gasteiger partial charge in [-0.2, -0.15) is 0 Å². The minimum Gasteiger partial charge on any atom is -0.454 e. The van der Waals surface area contributed by atoms with Crippen molar-refractivity contribution in [3.05, 3.63) is 205 Å². The average Bonchev–Trinajstić information content (AvgIpc) is 3.85. The minimum absolute atomic E-state index is 0.0164. The van der Waals surface area contributed by atoms with Crippen LogP contribution in [0, 0.1) is 0 Å². The fourth-order valence-corrected chi connectivity index (χ4v) is 9.68. The van der Waals surface area contributed by atoms with E-state index in [2.05, 4.69) is 245 Å². The molecule has 0 bridgehead atoms. The molecule has 2 heterocycles. The third-order valence-corrected chi connectivity index (χ3v) is 12.9. The maximum Gasteiger partial charge on any atom is 0.159 e. The summed E-state index contributed by atoms with van der Waals surface area (Å²) in [4.78, 5) is 2.46. The molecule has 306 valence electrons. The Morgan fingerprint density at radius 2 is 0.984 bits per heavy atom. The summed E-state index contributed by atoms with van der Waals surface area (Å²) in [5.74, 6) is 0. The molecule has 0 aliphatic carbocycles. The van der Waals surface area contributed by atoms with Gasteiger partial charge in [-0.15, -0.1) is 0 Å². The predicted molar refractivity (Wildman–Crippen MR) is 269 cm³/mol. The van der Waals surface area contributed by atoms with Gasteiger partial charge in [0, 0.05) is 32.8 Å². The molecule has 0 amide bonds. The number of anilines is 3. The van der Waals surface area contributed by atoms with Crippen molar-refractivity contribution in [1.82, 2.24) is 4.57 Å². The largest absolute Gasteiger partial charge is 0.454 e. The fourth-order valence-electron chi connectivity index (χ4n) is 9.68. The lowest BCUT2D eigenvalue weighted by molar-refractivity contribution is 0.569. The molecular weight excluding hydrogens is 765 g/mol. The summed E-state index contributed by atoms with van der Waals surface area (Å²) in [7, 11) is 0. The lowest BCUT2D eigenvalue weighted by Crippen LogP contribution is -2.16. The number of fused-ring (bicyclic) bond motifs is 7. The molecule has 0 unspecified atom stereocenters. The van der Waals surface area contributed by atoms with Gasteiger partial charge in [0.1, 0.15) is 5.58 Å². The molecule has 0 N–H and O–H groups in total. The van der Waals surface area contributed by atoms with Crippen molar-refractivity contribution in [2.24, 2.45) is 0 Å². The van der Waals surface area contributed by atoms with Crippen molar-refractivity contribution < 1.29 is 4.42 Å². The lowest BCUT2D eigenvalue weighted by Gasteiger charge is -2.29. The summed E-state index contributed by atoms with van der Waals surface area (Å²) in [5.41, 5.74) is 15.6. The number of rotatable bonds is 6. The Balaban J connectivity index is 1.25. The first-order valence-electron chi connectivity index (χ1n) is 22.1. The molecule has 0 atom stereocenters. The molecule has 9 aromatic carbocycles. The van der Waals surface area contributed by atoms with Gasteiger partial charge in [0.15, 0.2) is 5.58 Å². The molecule has 0 saturated carbocycles. The summed E-state index contributed by atoms with van der Waals surface area (Å²) in [5, 5.41) is 7.02. The standard InChI is InChI=1S/C60H50N2O/c1-59(2,3)41-36-40(37-42(38-41)60(4,5)6)44-27-16-20-39-21-17-28-48(56(39)44)45-24-10-14-32-52(45)62(54-34-19-30-50-47-26-12-15-35-55(47)63-58(50)54)53-33-18-29-49-46-25-11-13-31-51(46)61(57(49)53)43-22-8-7-9-23-43/h7-38H,1-6H3. The Hall–Kier alpha value is -7.36. The van der Waals surface area contributed by atoms with Crippen LogP contribution in [0.3, 0.4) is 0 Å². The number of hydrogen-bond donors (Lipinski definition) is 0. The van der Waals surface area contributed by atoms with Crippen molar-refractivity contribution in [2.75, 3.05) is 4.90 Å². The van der Waals surface area contributed by atoms with E-state index in [-0.39, 0.29) is 10.8 Å². The van der Waals surface area contributed by atoms with Gasteiger partial charge in [-0.1, -0.05) is 193 Å². The summed E-state index contributed by atoms with van der Waals surface area (Å²) in [6.45, 7) is 13.9. The third kappa shape index (κ3) is 6.41. The second kappa shape index (κ2) is 14.6. The van der Waals surface area contributed by atoms with Gasteiger partial charge < -0.3 is 13.9 Å². The quantitative estimate of drug-likeness (QED) is 0.167. The molecule has 3 heteroatoms. The van der Waals surface area contributed by atoms with E-state index in [1.54, 1.807) is 0 Å². The SMILES string of the molecule is CC(C)(C)c1cc(-c2cccc3cccc(-c4ccccc4N(c4cccc5c4oc4ccccc45)c4cccc5c6ccccc6n(-c6ccccc6)c45)c23)cc(C(C)(C)C)c1. The molecule has 3 nitrogen and oxygen atoms in total. The Kier molecular flexibility index (Phi) is 8.96. The first-order chi connectivity index (χ1) is 30.5. The predicted octanol–water partition coefficient (Wildman–Crippen LogP) is 17.2. The Morgan fingerprint density at radius 3 is 1.73 bits per heavy atom. The van der Waals surface area contributed by atoms with Crippen LogP contribution in [-0.2, 0) is 10.8 Å². The molecule has 63 heavy (non-hydrogen) atoms. The Morgan fingerprint density at radius 1 is 0.429 bits per heavy atom. The average molecular weight is 815 g/mol. The van der Waals surface area contributed by atoms with Crippen molar-refractivity contribution in [1.29, 1.82) is 0 Å². The number of nitrogens with zero attached hydrogens (tertiary/aromatic N) is 2. The first kappa shape index (κ1) is 38.6. The van der Waals surface area contributed by atoms with Gasteiger partial charge in [-0.05, 0) is 91.9 Å². The van der Waals surface area contributed by atoms with Crippen LogP contribution in [0.4, 0.5) is 17.1 Å². The fraction of sp³-hybridized carbons (Fsp3) is 0.133. The van der Waals surface area contributed by atoms with Crippen molar-refractivity contribution in [3.63, 3.8) is 0 Å². The molecule has 0 spiro atoms. The van der Waals surface area contributed by atoms with E-state index in [9.17, 15) is 0 Å². The molecule has 11 aromatic rings. The van der Waals surface area contributed by atoms with Crippen LogP contribution in [0.1, 0.15) is 52.7 Å². The van der Waals surface area contributed by atoms with Gasteiger partial charge >= 0.3 is 0 Å². The monoisotopic (exact) mass is 814 g/mol. The summed E-state index contributed by atoms with van der Waals surface area (Å²) in [6.07, 6.45) is 0. The number of hydrogen-bond acceptors (Lipinski definition) is 2. The summed E-state index contributed by atoms with van der Waals surface area (Å²) >= 11 is 0. The van der Waals surface area contributed by atoms with Gasteiger partial charge in [0.2, 0.25) is 0 Å². The van der Waals surface area contributed by atoms with Crippen LogP contribution in [0.2, 0.25) is 0 Å². The zero-order valence-corrected chi connectivity index (χ0v) is 36.8. The maximum atomic E-state index is 6.91. The number of furan rings is 1. The van der Waals surface area contributed by atoms with Crippen molar-refractivity contribution in [3.8, 4) is 27.9 Å². The zero-order chi connectivity index (χ0) is 43.0. The van der Waals surface area contributed by atoms with E-state index in [4.69, 9.17) is 4.42 Å². The molecule has 0 aliphatic rings. The topological polar surface area (TPSA) is 21.3 Å². The van der Waals surface area contributed by atoms with E-state index in [0.29, 0.717) is 0 Å². The van der Waals surface area contributed by atoms with Gasteiger partial charge in [0.05, 0.1) is 28.1 Å². The van der Waals surface area contributed by atoms with E-state index < -0.39 is 0 Å². The Labute approximate surface area is 369 Å². The Bertz CT molecular complexity index is 3500. The van der Waals surface area contributed by atoms with Crippen LogP contribution >= 0.6 is 0 Å². The highest BCUT2D eigenvalue weighted by Gasteiger charge is 2.28. The minimum atomic E-state index is -0.0164. The summed E-state index contributed by atoms with van der Waals surface area (Å²) in [6, 6.07) is 71.0. The highest BCUT2D eigenvalue weighted by molar-refractivity contribution is 6.18. The zero-order valence-electron chi connectivity index (χ0n) is 36.8. The number of para-hydroxylation sites is 6. The normalized spacial score (nSPS) is 12.3. The van der Waals surface area contributed by atoms with Crippen molar-refractivity contribution in [2.45, 2.75) is 52.4 Å². The number of benzene rings is 9. The molecule has 0 radical (unpaired) electrons. The summed E-state index contributed by atoms with van der Waals surface area (Å²) < 4.78 is 9.34. The number of aromatic nitrogens is 1. The van der Waals surface area contributed by atoms with Crippen molar-refractivity contribution >= 4 is 71.6 Å². The van der Waals surface area contributed by atoms with Crippen LogP contribution < -0.4 is 4.90 Å². The van der Waals surface area contributed by atoms with Gasteiger partial charge in [0.25, 0.3) is 0 Å². The lowest BCUT2D eigenvalue weighted by atomic mass is 9.78. The molecule has 2 aromatic heterocycles. The van der Waals surface area contributed by atoms with Gasteiger partial charge in [-0.25, -0.2) is 0 Å². The molecule has 11 rings (SSSR count). The van der Waals surface area contributed by atoms with E-state index in [1.165, 1.54) is 49.4 Å². The molecular formula is C60H50N2O. The highest BCUT2D eigenvalue weighted by Crippen LogP contribution is 2.50. The van der Waals surface area contributed by atoms with Crippen LogP contribution in [0.25, 0.3) is 82.5 Å². The molecule has 0 aliphatic heterocycles. The van der Waals surface area contributed by atoms with E-state index in [1.807, 2.05) is 0 Å². The highest BCUT2D eigenvalue weighted by atomic mass is 16.3. The van der Waals surface area contributed by atoms with Crippen LogP contribution in [0.15, 0.2) is 199 Å². The van der Waals surface area contributed by atoms with Gasteiger partial charge in [-0.3, -0.25) is 0 Å². The smallest absolute Gasteiger partial charge is 0.159 e. The maximum absolute atomic E-state index is 6.91. The van der Waals surface area contributed by atoms with E-state index in [0.717, 1.165) is 61.3 Å². The van der Waals surface area contributed by atoms with Crippen LogP contribution in [-0.4, -0.2) is 4.57 Å². The molecule has 0 fully saturated rings.